The highest BCUT2D eigenvalue weighted by atomic mass is 32.1. The molecule has 4 aromatic rings. The standard InChI is InChI=1S/C25H16FN3O6S/c1-35-17-10-11-18-19(12-17)36-25(27-18)28-21(13-4-8-16(9-5-13)29(33)34)20(23(31)24(28)32)22(30)14-2-6-15(26)7-3-14/h2-12,21,30H,1H3/b22-20+. The first kappa shape index (κ1) is 23.1. The molecule has 0 saturated carbocycles. The van der Waals surface area contributed by atoms with Gasteiger partial charge in [-0.3, -0.25) is 24.6 Å². The Labute approximate surface area is 206 Å². The first-order valence-corrected chi connectivity index (χ1v) is 11.4. The van der Waals surface area contributed by atoms with Crippen LogP contribution in [0.2, 0.25) is 0 Å². The number of ether oxygens (including phenoxy) is 1. The summed E-state index contributed by atoms with van der Waals surface area (Å²) in [6.45, 7) is 0. The zero-order valence-electron chi connectivity index (χ0n) is 18.5. The number of amides is 1. The van der Waals surface area contributed by atoms with Gasteiger partial charge in [0.2, 0.25) is 0 Å². The molecule has 1 aliphatic heterocycles. The van der Waals surface area contributed by atoms with Crippen LogP contribution in [0.1, 0.15) is 17.2 Å². The molecule has 1 unspecified atom stereocenters. The maximum Gasteiger partial charge on any atom is 0.301 e. The van der Waals surface area contributed by atoms with E-state index in [9.17, 15) is 29.2 Å². The van der Waals surface area contributed by atoms with Gasteiger partial charge in [-0.15, -0.1) is 0 Å². The van der Waals surface area contributed by atoms with Crippen LogP contribution in [-0.2, 0) is 9.59 Å². The van der Waals surface area contributed by atoms with E-state index in [0.717, 1.165) is 28.4 Å². The highest BCUT2D eigenvalue weighted by Crippen LogP contribution is 2.44. The van der Waals surface area contributed by atoms with Crippen molar-refractivity contribution in [1.82, 2.24) is 4.98 Å². The van der Waals surface area contributed by atoms with E-state index in [1.165, 1.54) is 43.5 Å². The summed E-state index contributed by atoms with van der Waals surface area (Å²) in [6, 6.07) is 14.2. The van der Waals surface area contributed by atoms with Crippen LogP contribution < -0.4 is 9.64 Å². The average molecular weight is 505 g/mol. The molecule has 1 aliphatic rings. The molecule has 3 aromatic carbocycles. The van der Waals surface area contributed by atoms with E-state index in [1.54, 1.807) is 18.2 Å². The molecule has 0 radical (unpaired) electrons. The highest BCUT2D eigenvalue weighted by molar-refractivity contribution is 7.22. The van der Waals surface area contributed by atoms with E-state index < -0.39 is 34.2 Å². The van der Waals surface area contributed by atoms with Crippen molar-refractivity contribution < 1.29 is 28.7 Å². The Morgan fingerprint density at radius 3 is 2.44 bits per heavy atom. The topological polar surface area (TPSA) is 123 Å². The average Bonchev–Trinajstić information content (AvgIpc) is 3.41. The molecule has 36 heavy (non-hydrogen) atoms. The van der Waals surface area contributed by atoms with Crippen LogP contribution in [0.5, 0.6) is 5.75 Å². The quantitative estimate of drug-likeness (QED) is 0.133. The molecular formula is C25H16FN3O6S. The minimum atomic E-state index is -1.13. The third-order valence-corrected chi connectivity index (χ3v) is 6.79. The largest absolute Gasteiger partial charge is 0.507 e. The second-order valence-corrected chi connectivity index (χ2v) is 8.86. The molecule has 1 atom stereocenters. The number of carbonyl (C=O) groups excluding carboxylic acids is 2. The van der Waals surface area contributed by atoms with Crippen LogP contribution in [0.4, 0.5) is 15.2 Å². The Morgan fingerprint density at radius 2 is 1.81 bits per heavy atom. The number of aromatic nitrogens is 1. The number of methoxy groups -OCH3 is 1. The van der Waals surface area contributed by atoms with E-state index in [2.05, 4.69) is 4.98 Å². The Bertz CT molecular complexity index is 1560. The van der Waals surface area contributed by atoms with Gasteiger partial charge in [0, 0.05) is 17.7 Å². The Hall–Kier alpha value is -4.64. The number of aliphatic hydroxyl groups excluding tert-OH is 1. The van der Waals surface area contributed by atoms with E-state index in [4.69, 9.17) is 4.74 Å². The van der Waals surface area contributed by atoms with Gasteiger partial charge in [-0.25, -0.2) is 9.37 Å². The Balaban J connectivity index is 1.71. The summed E-state index contributed by atoms with van der Waals surface area (Å²) in [6.07, 6.45) is 0. The molecule has 0 bridgehead atoms. The van der Waals surface area contributed by atoms with Gasteiger partial charge in [0.1, 0.15) is 17.3 Å². The number of Topliss-reactive ketones (excluding diaryl/α,β-unsaturated/α-hetero) is 1. The number of nitro groups is 1. The third-order valence-electron chi connectivity index (χ3n) is 5.77. The summed E-state index contributed by atoms with van der Waals surface area (Å²) in [4.78, 5) is 42.7. The lowest BCUT2D eigenvalue weighted by molar-refractivity contribution is -0.384. The zero-order valence-corrected chi connectivity index (χ0v) is 19.4. The van der Waals surface area contributed by atoms with Crippen molar-refractivity contribution in [2.45, 2.75) is 6.04 Å². The number of carbonyl (C=O) groups is 2. The summed E-state index contributed by atoms with van der Waals surface area (Å²) in [5.74, 6) is -2.33. The Kier molecular flexibility index (Phi) is 5.69. The van der Waals surface area contributed by atoms with Crippen LogP contribution in [0.3, 0.4) is 0 Å². The van der Waals surface area contributed by atoms with Crippen molar-refractivity contribution in [1.29, 1.82) is 0 Å². The molecule has 9 nitrogen and oxygen atoms in total. The first-order chi connectivity index (χ1) is 17.3. The molecule has 0 aliphatic carbocycles. The molecule has 11 heteroatoms. The summed E-state index contributed by atoms with van der Waals surface area (Å²) in [5.41, 5.74) is 0.632. The van der Waals surface area contributed by atoms with E-state index >= 15 is 0 Å². The van der Waals surface area contributed by atoms with Crippen molar-refractivity contribution >= 4 is 49.8 Å². The summed E-state index contributed by atoms with van der Waals surface area (Å²) in [7, 11) is 1.52. The summed E-state index contributed by atoms with van der Waals surface area (Å²) in [5, 5.41) is 22.4. The van der Waals surface area contributed by atoms with Crippen molar-refractivity contribution in [3.63, 3.8) is 0 Å². The molecule has 1 aromatic heterocycles. The van der Waals surface area contributed by atoms with Gasteiger partial charge in [0.05, 0.1) is 33.9 Å². The number of fused-ring (bicyclic) bond motifs is 1. The monoisotopic (exact) mass is 505 g/mol. The molecule has 180 valence electrons. The number of nitrogens with zero attached hydrogens (tertiary/aromatic N) is 3. The molecule has 1 saturated heterocycles. The lowest BCUT2D eigenvalue weighted by atomic mass is 9.95. The van der Waals surface area contributed by atoms with E-state index in [-0.39, 0.29) is 22.0 Å². The van der Waals surface area contributed by atoms with Gasteiger partial charge in [-0.2, -0.15) is 0 Å². The minimum Gasteiger partial charge on any atom is -0.507 e. The van der Waals surface area contributed by atoms with Gasteiger partial charge < -0.3 is 9.84 Å². The summed E-state index contributed by atoms with van der Waals surface area (Å²) < 4.78 is 19.4. The van der Waals surface area contributed by atoms with E-state index in [0.29, 0.717) is 21.5 Å². The molecule has 2 heterocycles. The lowest BCUT2D eigenvalue weighted by Gasteiger charge is -2.22. The van der Waals surface area contributed by atoms with Crippen molar-refractivity contribution in [2.24, 2.45) is 0 Å². The number of non-ortho nitro benzene ring substituents is 1. The van der Waals surface area contributed by atoms with Crippen molar-refractivity contribution in [2.75, 3.05) is 12.0 Å². The molecular weight excluding hydrogens is 489 g/mol. The number of aliphatic hydroxyl groups is 1. The molecule has 1 N–H and O–H groups in total. The number of ketones is 1. The van der Waals surface area contributed by atoms with Gasteiger partial charge in [0.15, 0.2) is 5.13 Å². The molecule has 1 amide bonds. The molecule has 5 rings (SSSR count). The minimum absolute atomic E-state index is 0.135. The maximum absolute atomic E-state index is 13.5. The maximum atomic E-state index is 13.5. The van der Waals surface area contributed by atoms with Crippen LogP contribution in [-0.4, -0.2) is 33.8 Å². The predicted octanol–water partition coefficient (Wildman–Crippen LogP) is 4.98. The Morgan fingerprint density at radius 1 is 1.11 bits per heavy atom. The SMILES string of the molecule is COc1ccc2nc(N3C(=O)C(=O)/C(=C(/O)c4ccc(F)cc4)C3c3ccc([N+](=O)[O-])cc3)sc2c1. The second-order valence-electron chi connectivity index (χ2n) is 7.85. The lowest BCUT2D eigenvalue weighted by Crippen LogP contribution is -2.29. The van der Waals surface area contributed by atoms with Gasteiger partial charge in [-0.05, 0) is 60.2 Å². The number of anilines is 1. The third kappa shape index (κ3) is 3.85. The number of benzene rings is 3. The van der Waals surface area contributed by atoms with Crippen LogP contribution in [0.25, 0.3) is 16.0 Å². The van der Waals surface area contributed by atoms with Gasteiger partial charge in [-0.1, -0.05) is 11.3 Å². The van der Waals surface area contributed by atoms with E-state index in [1.807, 2.05) is 0 Å². The predicted molar refractivity (Wildman–Crippen MR) is 130 cm³/mol. The fourth-order valence-electron chi connectivity index (χ4n) is 4.01. The summed E-state index contributed by atoms with van der Waals surface area (Å²) >= 11 is 1.15. The fraction of sp³-hybridized carbons (Fsp3) is 0.0800. The number of halogens is 1. The van der Waals surface area contributed by atoms with Gasteiger partial charge in [0.25, 0.3) is 11.5 Å². The number of nitro benzene ring substituents is 1. The van der Waals surface area contributed by atoms with Crippen LogP contribution >= 0.6 is 11.3 Å². The van der Waals surface area contributed by atoms with Crippen molar-refractivity contribution in [3.8, 4) is 5.75 Å². The number of rotatable bonds is 5. The highest BCUT2D eigenvalue weighted by Gasteiger charge is 2.48. The smallest absolute Gasteiger partial charge is 0.301 e. The zero-order chi connectivity index (χ0) is 25.6. The normalized spacial score (nSPS) is 17.1. The van der Waals surface area contributed by atoms with Gasteiger partial charge >= 0.3 is 5.91 Å². The van der Waals surface area contributed by atoms with Crippen molar-refractivity contribution in [3.05, 3.63) is 99.4 Å². The molecule has 0 spiro atoms. The first-order valence-electron chi connectivity index (χ1n) is 10.5. The van der Waals surface area contributed by atoms with Crippen LogP contribution in [0, 0.1) is 15.9 Å². The number of thiazole rings is 1. The number of hydrogen-bond acceptors (Lipinski definition) is 8. The fourth-order valence-corrected chi connectivity index (χ4v) is 5.03. The molecule has 1 fully saturated rings. The second kappa shape index (κ2) is 8.86. The number of hydrogen-bond donors (Lipinski definition) is 1. The van der Waals surface area contributed by atoms with Crippen LogP contribution in [0.15, 0.2) is 72.3 Å².